The van der Waals surface area contributed by atoms with Gasteiger partial charge in [-0.1, -0.05) is 0 Å². The second kappa shape index (κ2) is 2.85. The number of carbonyl (C=O) groups is 2. The molecule has 1 aliphatic heterocycles. The van der Waals surface area contributed by atoms with E-state index in [1.807, 2.05) is 0 Å². The van der Waals surface area contributed by atoms with Crippen molar-refractivity contribution in [3.63, 3.8) is 0 Å². The average molecular weight is 160 g/mol. The van der Waals surface area contributed by atoms with Gasteiger partial charge in [-0.15, -0.1) is 0 Å². The summed E-state index contributed by atoms with van der Waals surface area (Å²) in [5.74, 6) is -4.41. The number of carbonyl (C=O) groups excluding carboxylic acids is 2. The molecular formula is C5H4O6-2. The van der Waals surface area contributed by atoms with Gasteiger partial charge in [-0.2, -0.15) is 0 Å². The summed E-state index contributed by atoms with van der Waals surface area (Å²) in [6.45, 7) is -0.318. The molecule has 0 aromatic rings. The molecule has 2 unspecified atom stereocenters. The van der Waals surface area contributed by atoms with E-state index in [9.17, 15) is 19.8 Å². The SMILES string of the molecule is O=C([O-])C1COOC1C(=O)[O-]. The largest absolute Gasteiger partial charge is 0.550 e. The van der Waals surface area contributed by atoms with Gasteiger partial charge in [0.25, 0.3) is 0 Å². The first-order valence-corrected chi connectivity index (χ1v) is 2.83. The predicted octanol–water partition coefficient (Wildman–Crippen LogP) is -3.57. The summed E-state index contributed by atoms with van der Waals surface area (Å²) in [4.78, 5) is 28.5. The van der Waals surface area contributed by atoms with E-state index in [4.69, 9.17) is 0 Å². The molecule has 1 aliphatic rings. The van der Waals surface area contributed by atoms with E-state index < -0.39 is 24.0 Å². The minimum absolute atomic E-state index is 0.318. The third-order valence-corrected chi connectivity index (χ3v) is 1.32. The summed E-state index contributed by atoms with van der Waals surface area (Å²) >= 11 is 0. The van der Waals surface area contributed by atoms with Gasteiger partial charge in [0.05, 0.1) is 24.5 Å². The molecule has 0 amide bonds. The van der Waals surface area contributed by atoms with E-state index in [1.165, 1.54) is 0 Å². The lowest BCUT2D eigenvalue weighted by atomic mass is 10.1. The monoisotopic (exact) mass is 160 g/mol. The zero-order valence-corrected chi connectivity index (χ0v) is 5.31. The fraction of sp³-hybridized carbons (Fsp3) is 0.600. The smallest absolute Gasteiger partial charge is 0.142 e. The highest BCUT2D eigenvalue weighted by molar-refractivity contribution is 5.80. The van der Waals surface area contributed by atoms with Crippen LogP contribution in [-0.4, -0.2) is 24.6 Å². The number of aliphatic carboxylic acids is 2. The quantitative estimate of drug-likeness (QED) is 0.387. The van der Waals surface area contributed by atoms with Gasteiger partial charge in [0.1, 0.15) is 6.10 Å². The van der Waals surface area contributed by atoms with Crippen molar-refractivity contribution in [2.45, 2.75) is 6.10 Å². The van der Waals surface area contributed by atoms with Crippen molar-refractivity contribution in [2.24, 2.45) is 5.92 Å². The normalized spacial score (nSPS) is 30.2. The lowest BCUT2D eigenvalue weighted by Gasteiger charge is -2.16. The Hall–Kier alpha value is -1.14. The van der Waals surface area contributed by atoms with E-state index in [0.717, 1.165) is 0 Å². The number of hydrogen-bond acceptors (Lipinski definition) is 6. The number of carboxylic acids is 2. The second-order valence-electron chi connectivity index (χ2n) is 2.05. The number of hydrogen-bond donors (Lipinski definition) is 0. The van der Waals surface area contributed by atoms with Gasteiger partial charge in [-0.3, -0.25) is 0 Å². The van der Waals surface area contributed by atoms with Crippen molar-refractivity contribution in [3.8, 4) is 0 Å². The molecule has 0 bridgehead atoms. The van der Waals surface area contributed by atoms with Crippen LogP contribution < -0.4 is 10.2 Å². The summed E-state index contributed by atoms with van der Waals surface area (Å²) < 4.78 is 0. The van der Waals surface area contributed by atoms with E-state index in [2.05, 4.69) is 9.78 Å². The first-order valence-electron chi connectivity index (χ1n) is 2.83. The fourth-order valence-electron chi connectivity index (χ4n) is 0.736. The third kappa shape index (κ3) is 1.47. The summed E-state index contributed by atoms with van der Waals surface area (Å²) in [6.07, 6.45) is -1.56. The van der Waals surface area contributed by atoms with Crippen molar-refractivity contribution in [3.05, 3.63) is 0 Å². The van der Waals surface area contributed by atoms with Crippen molar-refractivity contribution in [1.29, 1.82) is 0 Å². The molecule has 0 aromatic carbocycles. The molecule has 62 valence electrons. The maximum atomic E-state index is 10.2. The Balaban J connectivity index is 2.65. The molecule has 6 heteroatoms. The molecule has 0 aliphatic carbocycles. The van der Waals surface area contributed by atoms with Crippen LogP contribution in [0.1, 0.15) is 0 Å². The number of carboxylic acid groups (broad SMARTS) is 2. The van der Waals surface area contributed by atoms with Crippen LogP contribution in [-0.2, 0) is 19.4 Å². The molecule has 1 heterocycles. The van der Waals surface area contributed by atoms with E-state index in [1.54, 1.807) is 0 Å². The summed E-state index contributed by atoms with van der Waals surface area (Å²) in [6, 6.07) is 0. The lowest BCUT2D eigenvalue weighted by molar-refractivity contribution is -0.344. The first kappa shape index (κ1) is 7.96. The molecular weight excluding hydrogens is 156 g/mol. The molecule has 1 fully saturated rings. The Bertz CT molecular complexity index is 167. The molecule has 0 spiro atoms. The van der Waals surface area contributed by atoms with Gasteiger partial charge in [-0.25, -0.2) is 9.78 Å². The predicted molar refractivity (Wildman–Crippen MR) is 24.3 cm³/mol. The standard InChI is InChI=1S/C5H6O6/c6-4(7)2-1-10-11-3(2)5(8)9/h2-3H,1H2,(H,6,7)(H,8,9)/p-2. The molecule has 1 saturated heterocycles. The maximum absolute atomic E-state index is 10.2. The van der Waals surface area contributed by atoms with Gasteiger partial charge in [0.2, 0.25) is 0 Å². The summed E-state index contributed by atoms with van der Waals surface area (Å²) in [5.41, 5.74) is 0. The maximum Gasteiger partial charge on any atom is 0.142 e. The fourth-order valence-corrected chi connectivity index (χ4v) is 0.736. The second-order valence-corrected chi connectivity index (χ2v) is 2.05. The highest BCUT2D eigenvalue weighted by Gasteiger charge is 2.32. The molecule has 0 aromatic heterocycles. The van der Waals surface area contributed by atoms with Crippen LogP contribution >= 0.6 is 0 Å². The molecule has 0 N–H and O–H groups in total. The van der Waals surface area contributed by atoms with Crippen molar-refractivity contribution >= 4 is 11.9 Å². The average Bonchev–Trinajstić information content (AvgIpc) is 2.32. The Kier molecular flexibility index (Phi) is 2.06. The first-order chi connectivity index (χ1) is 5.13. The van der Waals surface area contributed by atoms with Gasteiger partial charge < -0.3 is 19.8 Å². The van der Waals surface area contributed by atoms with Gasteiger partial charge in [0.15, 0.2) is 0 Å². The minimum atomic E-state index is -1.61. The van der Waals surface area contributed by atoms with Crippen LogP contribution in [0, 0.1) is 5.92 Å². The lowest BCUT2D eigenvalue weighted by Crippen LogP contribution is -2.46. The van der Waals surface area contributed by atoms with E-state index in [-0.39, 0.29) is 6.61 Å². The van der Waals surface area contributed by atoms with Crippen LogP contribution in [0.4, 0.5) is 0 Å². The van der Waals surface area contributed by atoms with E-state index >= 15 is 0 Å². The van der Waals surface area contributed by atoms with Crippen LogP contribution in [0.2, 0.25) is 0 Å². The van der Waals surface area contributed by atoms with Crippen LogP contribution in [0.5, 0.6) is 0 Å². The topological polar surface area (TPSA) is 98.7 Å². The summed E-state index contributed by atoms with van der Waals surface area (Å²) in [7, 11) is 0. The van der Waals surface area contributed by atoms with Gasteiger partial charge in [0, 0.05) is 0 Å². The van der Waals surface area contributed by atoms with Gasteiger partial charge >= 0.3 is 0 Å². The molecule has 2 atom stereocenters. The van der Waals surface area contributed by atoms with E-state index in [0.29, 0.717) is 0 Å². The Morgan fingerprint density at radius 3 is 2.27 bits per heavy atom. The molecule has 6 nitrogen and oxygen atoms in total. The molecule has 0 radical (unpaired) electrons. The van der Waals surface area contributed by atoms with Crippen molar-refractivity contribution in [1.82, 2.24) is 0 Å². The molecule has 11 heavy (non-hydrogen) atoms. The Morgan fingerprint density at radius 2 is 1.91 bits per heavy atom. The molecule has 1 rings (SSSR count). The zero-order chi connectivity index (χ0) is 8.43. The van der Waals surface area contributed by atoms with Crippen LogP contribution in [0.25, 0.3) is 0 Å². The molecule has 0 saturated carbocycles. The van der Waals surface area contributed by atoms with Crippen LogP contribution in [0.3, 0.4) is 0 Å². The highest BCUT2D eigenvalue weighted by Crippen LogP contribution is 2.15. The number of rotatable bonds is 2. The Labute approximate surface area is 61.3 Å². The van der Waals surface area contributed by atoms with Crippen LogP contribution in [0.15, 0.2) is 0 Å². The van der Waals surface area contributed by atoms with Crippen molar-refractivity contribution in [2.75, 3.05) is 6.61 Å². The van der Waals surface area contributed by atoms with Crippen molar-refractivity contribution < 1.29 is 29.6 Å². The zero-order valence-electron chi connectivity index (χ0n) is 5.31. The third-order valence-electron chi connectivity index (χ3n) is 1.32. The minimum Gasteiger partial charge on any atom is -0.550 e. The summed E-state index contributed by atoms with van der Waals surface area (Å²) in [5, 5.41) is 20.3. The van der Waals surface area contributed by atoms with Gasteiger partial charge in [-0.05, 0) is 0 Å². The highest BCUT2D eigenvalue weighted by atomic mass is 17.2. The Morgan fingerprint density at radius 1 is 1.27 bits per heavy atom.